The van der Waals surface area contributed by atoms with E-state index >= 15 is 0 Å². The number of hydrogen-bond donors (Lipinski definition) is 2. The Kier molecular flexibility index (Phi) is 5.68. The first-order valence-electron chi connectivity index (χ1n) is 11.1. The quantitative estimate of drug-likeness (QED) is 0.459. The van der Waals surface area contributed by atoms with Gasteiger partial charge in [0.25, 0.3) is 5.56 Å². The van der Waals surface area contributed by atoms with Crippen molar-refractivity contribution in [1.82, 2.24) is 15.0 Å². The van der Waals surface area contributed by atoms with Gasteiger partial charge in [0.2, 0.25) is 5.91 Å². The SMILES string of the molecule is Cc1onc2c1c(=O)n([C@@H]1CC[C@H](CNC(=O)C(N)c3ccccc3)C1)c1cccc(Cl)c21. The fourth-order valence-corrected chi connectivity index (χ4v) is 5.23. The summed E-state index contributed by atoms with van der Waals surface area (Å²) < 4.78 is 7.18. The van der Waals surface area contributed by atoms with Gasteiger partial charge in [-0.3, -0.25) is 9.59 Å². The number of aromatic nitrogens is 2. The molecule has 2 aromatic heterocycles. The van der Waals surface area contributed by atoms with Crippen LogP contribution in [-0.2, 0) is 4.79 Å². The molecule has 8 heteroatoms. The summed E-state index contributed by atoms with van der Waals surface area (Å²) in [4.78, 5) is 26.0. The lowest BCUT2D eigenvalue weighted by Gasteiger charge is -2.19. The van der Waals surface area contributed by atoms with E-state index in [-0.39, 0.29) is 23.4 Å². The monoisotopic (exact) mass is 464 g/mol. The molecule has 1 fully saturated rings. The standard InChI is InChI=1S/C25H25ClN4O3/c1-14-20-23(29-33-14)21-18(26)8-5-9-19(21)30(25(20)32)17-11-10-15(12-17)13-28-24(31)22(27)16-6-3-2-4-7-16/h2-9,15,17,22H,10-13,27H2,1H3,(H,28,31)/t15-,17+,22?/m0/s1. The molecule has 3 N–H and O–H groups in total. The van der Waals surface area contributed by atoms with Crippen molar-refractivity contribution in [1.29, 1.82) is 0 Å². The van der Waals surface area contributed by atoms with Crippen LogP contribution in [0.5, 0.6) is 0 Å². The van der Waals surface area contributed by atoms with Crippen LogP contribution >= 0.6 is 11.6 Å². The molecule has 0 aliphatic heterocycles. The Labute approximate surface area is 195 Å². The van der Waals surface area contributed by atoms with Gasteiger partial charge in [0, 0.05) is 18.0 Å². The molecular formula is C25H25ClN4O3. The Balaban J connectivity index is 1.38. The number of hydrogen-bond acceptors (Lipinski definition) is 5. The van der Waals surface area contributed by atoms with Gasteiger partial charge in [-0.1, -0.05) is 53.2 Å². The maximum atomic E-state index is 13.5. The van der Waals surface area contributed by atoms with E-state index in [1.807, 2.05) is 47.0 Å². The van der Waals surface area contributed by atoms with Crippen molar-refractivity contribution < 1.29 is 9.32 Å². The van der Waals surface area contributed by atoms with Crippen LogP contribution in [0.1, 0.15) is 42.7 Å². The number of nitrogens with two attached hydrogens (primary N) is 1. The summed E-state index contributed by atoms with van der Waals surface area (Å²) in [6.07, 6.45) is 2.52. The number of aryl methyl sites for hydroxylation is 1. The third-order valence-electron chi connectivity index (χ3n) is 6.67. The third-order valence-corrected chi connectivity index (χ3v) is 6.98. The number of carbonyl (C=O) groups is 1. The van der Waals surface area contributed by atoms with Crippen LogP contribution in [0.3, 0.4) is 0 Å². The molecule has 3 atom stereocenters. The van der Waals surface area contributed by atoms with E-state index < -0.39 is 6.04 Å². The van der Waals surface area contributed by atoms with Crippen LogP contribution in [0.15, 0.2) is 57.8 Å². The van der Waals surface area contributed by atoms with Crippen molar-refractivity contribution in [2.45, 2.75) is 38.3 Å². The van der Waals surface area contributed by atoms with Crippen LogP contribution in [0.2, 0.25) is 5.02 Å². The van der Waals surface area contributed by atoms with Gasteiger partial charge in [0.1, 0.15) is 22.7 Å². The summed E-state index contributed by atoms with van der Waals surface area (Å²) in [5, 5.41) is 8.85. The number of carbonyl (C=O) groups excluding carboxylic acids is 1. The van der Waals surface area contributed by atoms with Gasteiger partial charge in [-0.2, -0.15) is 0 Å². The molecule has 2 aromatic carbocycles. The van der Waals surface area contributed by atoms with Crippen LogP contribution < -0.4 is 16.6 Å². The number of halogens is 1. The molecule has 33 heavy (non-hydrogen) atoms. The van der Waals surface area contributed by atoms with E-state index in [1.54, 1.807) is 13.0 Å². The second-order valence-corrected chi connectivity index (χ2v) is 9.15. The highest BCUT2D eigenvalue weighted by atomic mass is 35.5. The fourth-order valence-electron chi connectivity index (χ4n) is 4.97. The summed E-state index contributed by atoms with van der Waals surface area (Å²) in [5.74, 6) is 0.546. The van der Waals surface area contributed by atoms with Gasteiger partial charge in [0.05, 0.1) is 10.5 Å². The minimum Gasteiger partial charge on any atom is -0.360 e. The largest absolute Gasteiger partial charge is 0.360 e. The minimum atomic E-state index is -0.698. The van der Waals surface area contributed by atoms with E-state index in [0.717, 1.165) is 35.7 Å². The second-order valence-electron chi connectivity index (χ2n) is 8.74. The summed E-state index contributed by atoms with van der Waals surface area (Å²) in [5.41, 5.74) is 8.05. The van der Waals surface area contributed by atoms with Crippen LogP contribution in [0, 0.1) is 12.8 Å². The number of amides is 1. The van der Waals surface area contributed by atoms with Crippen LogP contribution in [0.25, 0.3) is 21.8 Å². The van der Waals surface area contributed by atoms with Gasteiger partial charge < -0.3 is 20.1 Å². The molecule has 1 amide bonds. The molecule has 0 radical (unpaired) electrons. The molecule has 4 aromatic rings. The second kappa shape index (κ2) is 8.65. The van der Waals surface area contributed by atoms with Crippen LogP contribution in [0.4, 0.5) is 0 Å². The average Bonchev–Trinajstić information content (AvgIpc) is 3.44. The van der Waals surface area contributed by atoms with E-state index in [1.165, 1.54) is 0 Å². The zero-order chi connectivity index (χ0) is 23.1. The lowest BCUT2D eigenvalue weighted by molar-refractivity contribution is -0.122. The number of rotatable bonds is 5. The maximum absolute atomic E-state index is 13.5. The maximum Gasteiger partial charge on any atom is 0.264 e. The number of pyridine rings is 1. The van der Waals surface area contributed by atoms with E-state index in [4.69, 9.17) is 21.9 Å². The highest BCUT2D eigenvalue weighted by Gasteiger charge is 2.30. The zero-order valence-electron chi connectivity index (χ0n) is 18.3. The van der Waals surface area contributed by atoms with E-state index in [2.05, 4.69) is 10.5 Å². The highest BCUT2D eigenvalue weighted by molar-refractivity contribution is 6.37. The first-order valence-corrected chi connectivity index (χ1v) is 11.5. The molecule has 7 nitrogen and oxygen atoms in total. The van der Waals surface area contributed by atoms with Gasteiger partial charge >= 0.3 is 0 Å². The van der Waals surface area contributed by atoms with E-state index in [0.29, 0.717) is 28.2 Å². The Morgan fingerprint density at radius 3 is 2.79 bits per heavy atom. The number of benzene rings is 2. The first kappa shape index (κ1) is 21.7. The van der Waals surface area contributed by atoms with Crippen molar-refractivity contribution in [3.8, 4) is 0 Å². The Morgan fingerprint density at radius 2 is 2.00 bits per heavy atom. The predicted molar refractivity (Wildman–Crippen MR) is 128 cm³/mol. The van der Waals surface area contributed by atoms with Crippen molar-refractivity contribution in [2.24, 2.45) is 11.7 Å². The molecule has 1 aliphatic rings. The molecular weight excluding hydrogens is 440 g/mol. The van der Waals surface area contributed by atoms with Gasteiger partial charge in [0.15, 0.2) is 0 Å². The van der Waals surface area contributed by atoms with Crippen molar-refractivity contribution in [3.63, 3.8) is 0 Å². The number of nitrogens with one attached hydrogen (secondary N) is 1. The minimum absolute atomic E-state index is 0.00173. The first-order chi connectivity index (χ1) is 16.0. The van der Waals surface area contributed by atoms with Gasteiger partial charge in [-0.25, -0.2) is 0 Å². The third kappa shape index (κ3) is 3.81. The summed E-state index contributed by atoms with van der Waals surface area (Å²) in [6, 6.07) is 14.2. The zero-order valence-corrected chi connectivity index (χ0v) is 19.0. The van der Waals surface area contributed by atoms with Gasteiger partial charge in [-0.05, 0) is 49.8 Å². The number of fused-ring (bicyclic) bond motifs is 3. The average molecular weight is 465 g/mol. The predicted octanol–water partition coefficient (Wildman–Crippen LogP) is 4.26. The molecule has 0 spiro atoms. The lowest BCUT2D eigenvalue weighted by atomic mass is 10.1. The molecule has 2 heterocycles. The van der Waals surface area contributed by atoms with E-state index in [9.17, 15) is 9.59 Å². The summed E-state index contributed by atoms with van der Waals surface area (Å²) in [6.45, 7) is 2.27. The molecule has 170 valence electrons. The molecule has 0 saturated heterocycles. The molecule has 1 unspecified atom stereocenters. The smallest absolute Gasteiger partial charge is 0.264 e. The van der Waals surface area contributed by atoms with Gasteiger partial charge in [-0.15, -0.1) is 0 Å². The van der Waals surface area contributed by atoms with Crippen molar-refractivity contribution in [2.75, 3.05) is 6.54 Å². The Bertz CT molecular complexity index is 1400. The topological polar surface area (TPSA) is 103 Å². The lowest BCUT2D eigenvalue weighted by Crippen LogP contribution is -2.36. The molecule has 5 rings (SSSR count). The van der Waals surface area contributed by atoms with Crippen LogP contribution in [-0.4, -0.2) is 22.2 Å². The highest BCUT2D eigenvalue weighted by Crippen LogP contribution is 2.38. The molecule has 1 aliphatic carbocycles. The normalized spacial score (nSPS) is 19.2. The Morgan fingerprint density at radius 1 is 1.21 bits per heavy atom. The van der Waals surface area contributed by atoms with Crippen molar-refractivity contribution >= 4 is 39.3 Å². The molecule has 1 saturated carbocycles. The number of nitrogens with zero attached hydrogens (tertiary/aromatic N) is 2. The summed E-state index contributed by atoms with van der Waals surface area (Å²) >= 11 is 6.51. The Hall–Kier alpha value is -3.16. The fraction of sp³-hybridized carbons (Fsp3) is 0.320. The molecule has 0 bridgehead atoms. The van der Waals surface area contributed by atoms with Crippen molar-refractivity contribution in [3.05, 3.63) is 75.2 Å². The summed E-state index contributed by atoms with van der Waals surface area (Å²) in [7, 11) is 0.